The van der Waals surface area contributed by atoms with Crippen LogP contribution in [-0.2, 0) is 33.6 Å². The number of aliphatic hydroxyl groups is 1. The van der Waals surface area contributed by atoms with E-state index >= 15 is 4.79 Å². The normalized spacial score (nSPS) is 40.5. The summed E-state index contributed by atoms with van der Waals surface area (Å²) in [7, 11) is 0. The number of aliphatic carboxylic acids is 1. The van der Waals surface area contributed by atoms with Crippen molar-refractivity contribution < 1.29 is 43.8 Å². The highest BCUT2D eigenvalue weighted by Crippen LogP contribution is 2.87. The standard InChI is InChI=1S/C34H40ClNO9/c1-5-8-9-10-13-32-29(43)36-30(44)34(32,33(32)25(38)20(11-6-2)24(35)27(33)40)26(39)23-22-17(4)14-18(28(41)42)15-19(22)16-31(23,45)21(37)12-7-3/h6-7,11-12,17-19,22-23,45H,5,8-10,13-16H2,1-4H3,(H,41,42)(H,36,43,44). The van der Waals surface area contributed by atoms with E-state index in [1.54, 1.807) is 20.8 Å². The number of amides is 2. The van der Waals surface area contributed by atoms with Gasteiger partial charge in [0.05, 0.1) is 22.3 Å². The van der Waals surface area contributed by atoms with Gasteiger partial charge in [0.1, 0.15) is 16.4 Å². The van der Waals surface area contributed by atoms with Crippen molar-refractivity contribution in [3.63, 3.8) is 0 Å². The summed E-state index contributed by atoms with van der Waals surface area (Å²) in [6.45, 7) is 6.89. The van der Waals surface area contributed by atoms with Crippen molar-refractivity contribution in [3.8, 4) is 0 Å². The Balaban J connectivity index is 1.74. The third-order valence-corrected chi connectivity index (χ3v) is 11.9. The molecule has 5 rings (SSSR count). The first-order valence-corrected chi connectivity index (χ1v) is 16.2. The number of rotatable bonds is 11. The van der Waals surface area contributed by atoms with E-state index in [0.29, 0.717) is 12.8 Å². The molecule has 0 aromatic rings. The number of fused-ring (bicyclic) bond motifs is 4. The summed E-state index contributed by atoms with van der Waals surface area (Å²) >= 11 is 6.47. The van der Waals surface area contributed by atoms with Gasteiger partial charge in [0, 0.05) is 5.57 Å². The first-order valence-electron chi connectivity index (χ1n) is 15.9. The number of hydrogen-bond acceptors (Lipinski definition) is 8. The van der Waals surface area contributed by atoms with E-state index in [1.165, 1.54) is 18.2 Å². The maximum Gasteiger partial charge on any atom is 0.306 e. The van der Waals surface area contributed by atoms with Crippen LogP contribution in [0.4, 0.5) is 0 Å². The van der Waals surface area contributed by atoms with Crippen molar-refractivity contribution in [2.45, 2.75) is 84.7 Å². The lowest BCUT2D eigenvalue weighted by atomic mass is 9.63. The fourth-order valence-electron chi connectivity index (χ4n) is 9.91. The van der Waals surface area contributed by atoms with Gasteiger partial charge in [0.15, 0.2) is 23.1 Å². The van der Waals surface area contributed by atoms with Gasteiger partial charge < -0.3 is 10.2 Å². The maximum absolute atomic E-state index is 15.4. The zero-order valence-corrected chi connectivity index (χ0v) is 26.7. The van der Waals surface area contributed by atoms with E-state index in [-0.39, 0.29) is 31.3 Å². The first kappa shape index (κ1) is 33.1. The van der Waals surface area contributed by atoms with E-state index in [9.17, 15) is 39.0 Å². The van der Waals surface area contributed by atoms with Crippen LogP contribution in [0.2, 0.25) is 0 Å². The summed E-state index contributed by atoms with van der Waals surface area (Å²) in [5, 5.41) is 23.8. The Bertz CT molecular complexity index is 1510. The largest absolute Gasteiger partial charge is 0.481 e. The second-order valence-corrected chi connectivity index (χ2v) is 13.9. The van der Waals surface area contributed by atoms with Gasteiger partial charge >= 0.3 is 5.97 Å². The van der Waals surface area contributed by atoms with Crippen LogP contribution in [0.25, 0.3) is 0 Å². The fraction of sp³-hybridized carbons (Fsp3) is 0.618. The molecule has 0 radical (unpaired) electrons. The Morgan fingerprint density at radius 2 is 1.69 bits per heavy atom. The number of halogens is 1. The number of carboxylic acid groups (broad SMARTS) is 1. The molecule has 45 heavy (non-hydrogen) atoms. The van der Waals surface area contributed by atoms with E-state index in [1.807, 2.05) is 6.92 Å². The van der Waals surface area contributed by atoms with Crippen molar-refractivity contribution in [1.29, 1.82) is 0 Å². The van der Waals surface area contributed by atoms with Crippen LogP contribution in [0.5, 0.6) is 0 Å². The summed E-state index contributed by atoms with van der Waals surface area (Å²) < 4.78 is 0. The first-order chi connectivity index (χ1) is 21.2. The average Bonchev–Trinajstić information content (AvgIpc) is 3.19. The van der Waals surface area contributed by atoms with Gasteiger partial charge in [0.25, 0.3) is 0 Å². The number of carbonyl (C=O) groups excluding carboxylic acids is 6. The van der Waals surface area contributed by atoms with Gasteiger partial charge in [-0.2, -0.15) is 0 Å². The van der Waals surface area contributed by atoms with Crippen LogP contribution in [0, 0.1) is 45.8 Å². The number of unbranched alkanes of at least 4 members (excludes halogenated alkanes) is 3. The summed E-state index contributed by atoms with van der Waals surface area (Å²) in [4.78, 5) is 97.7. The van der Waals surface area contributed by atoms with Crippen LogP contribution < -0.4 is 5.32 Å². The second-order valence-electron chi connectivity index (χ2n) is 13.5. The summed E-state index contributed by atoms with van der Waals surface area (Å²) in [6.07, 6.45) is 7.80. The van der Waals surface area contributed by atoms with E-state index in [2.05, 4.69) is 5.32 Å². The van der Waals surface area contributed by atoms with Crippen LogP contribution >= 0.6 is 11.6 Å². The maximum atomic E-state index is 15.4. The van der Waals surface area contributed by atoms with Crippen molar-refractivity contribution >= 4 is 52.5 Å². The quantitative estimate of drug-likeness (QED) is 0.132. The monoisotopic (exact) mass is 641 g/mol. The summed E-state index contributed by atoms with van der Waals surface area (Å²) in [6, 6.07) is 0. The van der Waals surface area contributed by atoms with Gasteiger partial charge in [0.2, 0.25) is 11.8 Å². The molecule has 3 saturated carbocycles. The number of hydrogen-bond donors (Lipinski definition) is 3. The molecule has 1 spiro atoms. The third kappa shape index (κ3) is 3.87. The highest BCUT2D eigenvalue weighted by molar-refractivity contribution is 6.56. The summed E-state index contributed by atoms with van der Waals surface area (Å²) in [5.41, 5.74) is -9.58. The molecule has 11 heteroatoms. The Morgan fingerprint density at radius 3 is 2.29 bits per heavy atom. The molecule has 10 nitrogen and oxygen atoms in total. The number of carbonyl (C=O) groups is 7. The lowest BCUT2D eigenvalue weighted by Gasteiger charge is -2.39. The molecular weight excluding hydrogens is 602 g/mol. The molecule has 5 aliphatic rings. The molecule has 0 bridgehead atoms. The van der Waals surface area contributed by atoms with Crippen molar-refractivity contribution in [2.24, 2.45) is 45.8 Å². The number of piperidine rings is 1. The molecule has 2 amide bonds. The molecule has 1 saturated heterocycles. The number of ketones is 4. The molecular formula is C34H40ClNO9. The number of imide groups is 1. The predicted octanol–water partition coefficient (Wildman–Crippen LogP) is 3.64. The predicted molar refractivity (Wildman–Crippen MR) is 161 cm³/mol. The number of nitrogens with one attached hydrogen (secondary N) is 1. The van der Waals surface area contributed by atoms with E-state index in [0.717, 1.165) is 18.9 Å². The average molecular weight is 642 g/mol. The lowest BCUT2D eigenvalue weighted by Crippen LogP contribution is -2.54. The second kappa shape index (κ2) is 11.2. The zero-order valence-electron chi connectivity index (χ0n) is 26.0. The van der Waals surface area contributed by atoms with Crippen molar-refractivity contribution in [1.82, 2.24) is 5.32 Å². The third-order valence-electron chi connectivity index (χ3n) is 11.5. The van der Waals surface area contributed by atoms with Crippen LogP contribution in [0.15, 0.2) is 34.9 Å². The minimum absolute atomic E-state index is 0.0989. The van der Waals surface area contributed by atoms with Gasteiger partial charge in [-0.1, -0.05) is 69.4 Å². The van der Waals surface area contributed by atoms with Gasteiger partial charge in [-0.15, -0.1) is 0 Å². The number of carboxylic acids is 1. The van der Waals surface area contributed by atoms with Crippen molar-refractivity contribution in [3.05, 3.63) is 34.9 Å². The zero-order chi connectivity index (χ0) is 33.3. The molecule has 9 atom stereocenters. The van der Waals surface area contributed by atoms with Gasteiger partial charge in [-0.3, -0.25) is 38.9 Å². The Morgan fingerprint density at radius 1 is 1.00 bits per heavy atom. The topological polar surface area (TPSA) is 172 Å². The van der Waals surface area contributed by atoms with Crippen LogP contribution in [-0.4, -0.2) is 56.7 Å². The van der Waals surface area contributed by atoms with Crippen LogP contribution in [0.1, 0.15) is 79.1 Å². The molecule has 3 N–H and O–H groups in total. The lowest BCUT2D eigenvalue weighted by molar-refractivity contribution is -0.155. The molecule has 1 heterocycles. The highest BCUT2D eigenvalue weighted by atomic mass is 35.5. The minimum atomic E-state index is -2.52. The molecule has 0 aromatic carbocycles. The van der Waals surface area contributed by atoms with E-state index < -0.39 is 97.4 Å². The molecule has 4 fully saturated rings. The Hall–Kier alpha value is -3.24. The Kier molecular flexibility index (Phi) is 8.27. The fourth-order valence-corrected chi connectivity index (χ4v) is 10.2. The smallest absolute Gasteiger partial charge is 0.306 e. The molecule has 9 unspecified atom stereocenters. The SMILES string of the molecule is CC=CC(=O)C1(O)CC2CC(C(=O)O)CC(C)C2C1C(=O)C12C(=O)NC(=O)C1(CCCCCC)C21C(=O)C(Cl)=C(C=CC)C1=O. The molecule has 1 aliphatic heterocycles. The molecule has 0 aromatic heterocycles. The molecule has 242 valence electrons. The molecule has 4 aliphatic carbocycles. The highest BCUT2D eigenvalue weighted by Gasteiger charge is 3.05. The van der Waals surface area contributed by atoms with E-state index in [4.69, 9.17) is 11.6 Å². The van der Waals surface area contributed by atoms with Crippen molar-refractivity contribution in [2.75, 3.05) is 0 Å². The number of Topliss-reactive ketones (excluding diaryl/α,β-unsaturated/α-hetero) is 3. The van der Waals surface area contributed by atoms with Gasteiger partial charge in [-0.05, 0) is 63.4 Å². The Labute approximate surface area is 266 Å². The number of allylic oxidation sites excluding steroid dienone is 5. The van der Waals surface area contributed by atoms with Gasteiger partial charge in [-0.25, -0.2) is 0 Å². The summed E-state index contributed by atoms with van der Waals surface area (Å²) in [5.74, 6) is -10.8. The minimum Gasteiger partial charge on any atom is -0.481 e. The van der Waals surface area contributed by atoms with Crippen LogP contribution in [0.3, 0.4) is 0 Å².